The Kier molecular flexibility index (Phi) is 5.43. The molecule has 6 heteroatoms. The van der Waals surface area contributed by atoms with Crippen LogP contribution in [0.15, 0.2) is 36.8 Å². The molecule has 2 aliphatic rings. The van der Waals surface area contributed by atoms with E-state index in [1.54, 1.807) is 0 Å². The van der Waals surface area contributed by atoms with Gasteiger partial charge in [-0.1, -0.05) is 12.1 Å². The molecule has 6 nitrogen and oxygen atoms in total. The Balaban J connectivity index is 1.17. The number of carbonyl (C=O) groups excluding carboxylic acids is 1. The van der Waals surface area contributed by atoms with E-state index in [4.69, 9.17) is 0 Å². The van der Waals surface area contributed by atoms with Gasteiger partial charge in [0.05, 0.1) is 18.6 Å². The van der Waals surface area contributed by atoms with Gasteiger partial charge < -0.3 is 14.8 Å². The van der Waals surface area contributed by atoms with Crippen molar-refractivity contribution in [1.29, 1.82) is 0 Å². The van der Waals surface area contributed by atoms with Crippen molar-refractivity contribution >= 4 is 11.6 Å². The molecule has 1 saturated carbocycles. The number of hydrogen-bond donors (Lipinski definition) is 1. The van der Waals surface area contributed by atoms with Crippen LogP contribution in [-0.4, -0.2) is 53.1 Å². The van der Waals surface area contributed by atoms with Gasteiger partial charge in [-0.3, -0.25) is 9.69 Å². The molecule has 0 radical (unpaired) electrons. The normalized spacial score (nSPS) is 17.9. The molecule has 0 bridgehead atoms. The first kappa shape index (κ1) is 18.0. The van der Waals surface area contributed by atoms with E-state index >= 15 is 0 Å². The number of amides is 1. The van der Waals surface area contributed by atoms with Crippen LogP contribution in [0.1, 0.15) is 36.6 Å². The highest BCUT2D eigenvalue weighted by Crippen LogP contribution is 2.35. The van der Waals surface area contributed by atoms with Gasteiger partial charge in [0.2, 0.25) is 5.91 Å². The smallest absolute Gasteiger partial charge is 0.221 e. The fraction of sp³-hybridized carbons (Fsp3) is 0.524. The van der Waals surface area contributed by atoms with Crippen molar-refractivity contribution in [3.8, 4) is 0 Å². The van der Waals surface area contributed by atoms with E-state index < -0.39 is 0 Å². The van der Waals surface area contributed by atoms with Gasteiger partial charge >= 0.3 is 0 Å². The topological polar surface area (TPSA) is 53.4 Å². The molecular formula is C21H29N5O. The highest BCUT2D eigenvalue weighted by molar-refractivity contribution is 5.76. The van der Waals surface area contributed by atoms with Crippen LogP contribution in [0.5, 0.6) is 0 Å². The molecule has 0 atom stereocenters. The maximum Gasteiger partial charge on any atom is 0.221 e. The SMILES string of the molecule is Cc1cccc(N2CCN(CCC(=O)NCc3cncn3C3CC3)CC2)c1. The Hall–Kier alpha value is -2.34. The molecule has 2 aromatic rings. The fourth-order valence-electron chi connectivity index (χ4n) is 3.74. The van der Waals surface area contributed by atoms with Crippen molar-refractivity contribution in [2.75, 3.05) is 37.6 Å². The van der Waals surface area contributed by atoms with Crippen LogP contribution in [-0.2, 0) is 11.3 Å². The summed E-state index contributed by atoms with van der Waals surface area (Å²) in [5.74, 6) is 0.125. The Morgan fingerprint density at radius 3 is 2.78 bits per heavy atom. The summed E-state index contributed by atoms with van der Waals surface area (Å²) in [5, 5.41) is 3.05. The maximum atomic E-state index is 12.2. The number of hydrogen-bond acceptors (Lipinski definition) is 4. The van der Waals surface area contributed by atoms with Gasteiger partial charge in [-0.05, 0) is 37.5 Å². The third-order valence-electron chi connectivity index (χ3n) is 5.55. The summed E-state index contributed by atoms with van der Waals surface area (Å²) in [5.41, 5.74) is 3.71. The van der Waals surface area contributed by atoms with Crippen molar-refractivity contribution in [1.82, 2.24) is 19.8 Å². The van der Waals surface area contributed by atoms with Crippen molar-refractivity contribution in [3.05, 3.63) is 48.0 Å². The number of benzene rings is 1. The zero-order valence-corrected chi connectivity index (χ0v) is 16.1. The number of nitrogens with zero attached hydrogens (tertiary/aromatic N) is 4. The van der Waals surface area contributed by atoms with Crippen LogP contribution in [0.2, 0.25) is 0 Å². The number of anilines is 1. The summed E-state index contributed by atoms with van der Waals surface area (Å²) in [6, 6.07) is 9.29. The highest BCUT2D eigenvalue weighted by Gasteiger charge is 2.25. The first-order valence-electron chi connectivity index (χ1n) is 10.0. The van der Waals surface area contributed by atoms with Gasteiger partial charge in [-0.25, -0.2) is 4.98 Å². The molecule has 2 fully saturated rings. The van der Waals surface area contributed by atoms with Crippen LogP contribution in [0.25, 0.3) is 0 Å². The predicted molar refractivity (Wildman–Crippen MR) is 107 cm³/mol. The molecule has 2 heterocycles. The lowest BCUT2D eigenvalue weighted by molar-refractivity contribution is -0.121. The number of aryl methyl sites for hydroxylation is 1. The second kappa shape index (κ2) is 8.13. The largest absolute Gasteiger partial charge is 0.369 e. The van der Waals surface area contributed by atoms with Crippen molar-refractivity contribution in [2.45, 2.75) is 38.8 Å². The third-order valence-corrected chi connectivity index (χ3v) is 5.55. The van der Waals surface area contributed by atoms with Crippen LogP contribution in [0, 0.1) is 6.92 Å². The second-order valence-corrected chi connectivity index (χ2v) is 7.72. The first-order chi connectivity index (χ1) is 13.2. The molecule has 1 aromatic carbocycles. The molecule has 1 N–H and O–H groups in total. The van der Waals surface area contributed by atoms with E-state index in [0.29, 0.717) is 19.0 Å². The third kappa shape index (κ3) is 4.69. The zero-order valence-electron chi connectivity index (χ0n) is 16.1. The summed E-state index contributed by atoms with van der Waals surface area (Å²) in [4.78, 5) is 21.3. The Labute approximate surface area is 161 Å². The zero-order chi connectivity index (χ0) is 18.6. The van der Waals surface area contributed by atoms with E-state index in [2.05, 4.69) is 55.9 Å². The van der Waals surface area contributed by atoms with Gasteiger partial charge in [0.25, 0.3) is 0 Å². The molecule has 1 saturated heterocycles. The lowest BCUT2D eigenvalue weighted by atomic mass is 10.2. The molecule has 1 aliphatic carbocycles. The number of nitrogens with one attached hydrogen (secondary N) is 1. The average molecular weight is 367 g/mol. The number of aromatic nitrogens is 2. The van der Waals surface area contributed by atoms with Gasteiger partial charge in [-0.15, -0.1) is 0 Å². The lowest BCUT2D eigenvalue weighted by Gasteiger charge is -2.36. The van der Waals surface area contributed by atoms with Gasteiger partial charge in [0, 0.05) is 57.1 Å². The van der Waals surface area contributed by atoms with Crippen LogP contribution >= 0.6 is 0 Å². The van der Waals surface area contributed by atoms with Crippen LogP contribution in [0.3, 0.4) is 0 Å². The lowest BCUT2D eigenvalue weighted by Crippen LogP contribution is -2.47. The standard InChI is InChI=1S/C21H29N5O/c1-17-3-2-4-19(13-17)25-11-9-24(10-12-25)8-7-21(27)23-15-20-14-22-16-26(20)18-5-6-18/h2-4,13-14,16,18H,5-12,15H2,1H3,(H,23,27). The van der Waals surface area contributed by atoms with E-state index in [-0.39, 0.29) is 5.91 Å². The quantitative estimate of drug-likeness (QED) is 0.816. The van der Waals surface area contributed by atoms with Gasteiger partial charge in [-0.2, -0.15) is 0 Å². The van der Waals surface area contributed by atoms with Crippen molar-refractivity contribution in [2.24, 2.45) is 0 Å². The minimum atomic E-state index is 0.125. The summed E-state index contributed by atoms with van der Waals surface area (Å²) in [6.45, 7) is 7.60. The Bertz CT molecular complexity index is 774. The molecule has 1 aromatic heterocycles. The molecule has 1 amide bonds. The monoisotopic (exact) mass is 367 g/mol. The Morgan fingerprint density at radius 2 is 2.04 bits per heavy atom. The highest BCUT2D eigenvalue weighted by atomic mass is 16.1. The number of carbonyl (C=O) groups is 1. The van der Waals surface area contributed by atoms with E-state index in [1.165, 1.54) is 24.1 Å². The van der Waals surface area contributed by atoms with Gasteiger partial charge in [0.1, 0.15) is 0 Å². The van der Waals surface area contributed by atoms with E-state index in [9.17, 15) is 4.79 Å². The summed E-state index contributed by atoms with van der Waals surface area (Å²) < 4.78 is 2.20. The average Bonchev–Trinajstić information content (AvgIpc) is 3.43. The van der Waals surface area contributed by atoms with E-state index in [0.717, 1.165) is 38.4 Å². The predicted octanol–water partition coefficient (Wildman–Crippen LogP) is 2.35. The van der Waals surface area contributed by atoms with Crippen LogP contribution < -0.4 is 10.2 Å². The molecule has 144 valence electrons. The fourth-order valence-corrected chi connectivity index (χ4v) is 3.74. The summed E-state index contributed by atoms with van der Waals surface area (Å²) in [7, 11) is 0. The molecule has 0 unspecified atom stereocenters. The molecule has 27 heavy (non-hydrogen) atoms. The molecule has 0 spiro atoms. The summed E-state index contributed by atoms with van der Waals surface area (Å²) in [6.07, 6.45) is 6.76. The molecular weight excluding hydrogens is 338 g/mol. The second-order valence-electron chi connectivity index (χ2n) is 7.72. The Morgan fingerprint density at radius 1 is 1.22 bits per heavy atom. The molecule has 4 rings (SSSR count). The van der Waals surface area contributed by atoms with Crippen molar-refractivity contribution < 1.29 is 4.79 Å². The van der Waals surface area contributed by atoms with Gasteiger partial charge in [0.15, 0.2) is 0 Å². The minimum absolute atomic E-state index is 0.125. The minimum Gasteiger partial charge on any atom is -0.369 e. The molecule has 1 aliphatic heterocycles. The number of imidazole rings is 1. The van der Waals surface area contributed by atoms with Crippen molar-refractivity contribution in [3.63, 3.8) is 0 Å². The van der Waals surface area contributed by atoms with Crippen LogP contribution in [0.4, 0.5) is 5.69 Å². The maximum absolute atomic E-state index is 12.2. The first-order valence-corrected chi connectivity index (χ1v) is 10.0. The van der Waals surface area contributed by atoms with E-state index in [1.807, 2.05) is 12.5 Å². The number of piperazine rings is 1. The number of rotatable bonds is 7. The summed E-state index contributed by atoms with van der Waals surface area (Å²) >= 11 is 0.